The molecule has 0 N–H and O–H groups in total. The van der Waals surface area contributed by atoms with Crippen LogP contribution in [0, 0.1) is 0 Å². The molecular weight excluding hydrogens is 138 g/mol. The minimum absolute atomic E-state index is 0.620. The highest BCUT2D eigenvalue weighted by atomic mass is 28.3. The lowest BCUT2D eigenvalue weighted by Crippen LogP contribution is -2.37. The predicted octanol–water partition coefficient (Wildman–Crippen LogP) is 2.09. The minimum atomic E-state index is -0.620. The molecule has 0 fully saturated rings. The molecule has 0 rings (SSSR count). The average molecular weight is 159 g/mol. The fourth-order valence-electron chi connectivity index (χ4n) is 1.96. The second kappa shape index (κ2) is 4.14. The zero-order chi connectivity index (χ0) is 8.31. The van der Waals surface area contributed by atoms with Crippen LogP contribution in [0.1, 0.15) is 27.7 Å². The van der Waals surface area contributed by atoms with Crippen molar-refractivity contribution in [3.05, 3.63) is 0 Å². The lowest BCUT2D eigenvalue weighted by atomic mass is 10.5. The Hall–Kier alpha value is 0.177. The first kappa shape index (κ1) is 10.2. The van der Waals surface area contributed by atoms with E-state index in [9.17, 15) is 0 Å². The van der Waals surface area contributed by atoms with Crippen molar-refractivity contribution in [1.82, 2.24) is 4.57 Å². The third kappa shape index (κ3) is 2.84. The highest BCUT2D eigenvalue weighted by molar-refractivity contribution is 6.58. The van der Waals surface area contributed by atoms with Gasteiger partial charge in [-0.25, -0.2) is 0 Å². The van der Waals surface area contributed by atoms with Crippen molar-refractivity contribution < 1.29 is 0 Å². The molecule has 0 saturated carbocycles. The molecule has 2 heteroatoms. The molecule has 10 heavy (non-hydrogen) atoms. The van der Waals surface area contributed by atoms with Gasteiger partial charge in [-0.05, 0) is 25.2 Å². The van der Waals surface area contributed by atoms with Gasteiger partial charge in [-0.1, -0.05) is 27.7 Å². The van der Waals surface area contributed by atoms with Crippen molar-refractivity contribution in [2.24, 2.45) is 0 Å². The molecule has 0 radical (unpaired) electrons. The molecule has 0 aliphatic carbocycles. The first-order valence-corrected chi connectivity index (χ1v) is 5.98. The molecule has 0 unspecified atom stereocenters. The SMILES string of the molecule is CC(C)[SiH](C(C)C)N(C)C. The second-order valence-corrected chi connectivity index (χ2v) is 8.62. The molecule has 0 aromatic rings. The van der Waals surface area contributed by atoms with E-state index in [2.05, 4.69) is 46.4 Å². The Bertz CT molecular complexity index is 70.2. The molecule has 0 atom stereocenters. The van der Waals surface area contributed by atoms with Crippen LogP contribution in [0.5, 0.6) is 0 Å². The standard InChI is InChI=1S/C8H21NSi/c1-7(2)10(8(3)4)9(5)6/h7-8,10H,1-6H3. The Morgan fingerprint density at radius 2 is 1.20 bits per heavy atom. The van der Waals surface area contributed by atoms with E-state index in [0.29, 0.717) is 0 Å². The Kier molecular flexibility index (Phi) is 4.21. The van der Waals surface area contributed by atoms with Gasteiger partial charge in [0.05, 0.1) is 0 Å². The third-order valence-corrected chi connectivity index (χ3v) is 5.89. The van der Waals surface area contributed by atoms with Crippen LogP contribution in [0.15, 0.2) is 0 Å². The van der Waals surface area contributed by atoms with E-state index in [1.165, 1.54) is 0 Å². The lowest BCUT2D eigenvalue weighted by molar-refractivity contribution is 0.601. The Morgan fingerprint density at radius 3 is 1.20 bits per heavy atom. The summed E-state index contributed by atoms with van der Waals surface area (Å²) in [5, 5.41) is 0. The van der Waals surface area contributed by atoms with Gasteiger partial charge in [-0.3, -0.25) is 0 Å². The monoisotopic (exact) mass is 159 g/mol. The number of hydrogen-bond acceptors (Lipinski definition) is 1. The predicted molar refractivity (Wildman–Crippen MR) is 51.0 cm³/mol. The largest absolute Gasteiger partial charge is 0.331 e. The van der Waals surface area contributed by atoms with Crippen molar-refractivity contribution in [2.45, 2.75) is 38.8 Å². The van der Waals surface area contributed by atoms with E-state index in [0.717, 1.165) is 11.1 Å². The van der Waals surface area contributed by atoms with Crippen LogP contribution >= 0.6 is 0 Å². The van der Waals surface area contributed by atoms with Gasteiger partial charge >= 0.3 is 0 Å². The van der Waals surface area contributed by atoms with Gasteiger partial charge in [0.15, 0.2) is 0 Å². The number of rotatable bonds is 3. The van der Waals surface area contributed by atoms with Gasteiger partial charge in [0.25, 0.3) is 0 Å². The van der Waals surface area contributed by atoms with Crippen LogP contribution in [0.25, 0.3) is 0 Å². The smallest absolute Gasteiger partial charge is 0.116 e. The minimum Gasteiger partial charge on any atom is -0.331 e. The Balaban J connectivity index is 3.98. The van der Waals surface area contributed by atoms with Crippen molar-refractivity contribution in [3.8, 4) is 0 Å². The fraction of sp³-hybridized carbons (Fsp3) is 1.00. The lowest BCUT2D eigenvalue weighted by Gasteiger charge is -2.29. The summed E-state index contributed by atoms with van der Waals surface area (Å²) in [5.74, 6) is 0. The van der Waals surface area contributed by atoms with E-state index < -0.39 is 8.96 Å². The van der Waals surface area contributed by atoms with Gasteiger partial charge in [0.1, 0.15) is 8.96 Å². The summed E-state index contributed by atoms with van der Waals surface area (Å²) in [4.78, 5) is 0. The van der Waals surface area contributed by atoms with Crippen molar-refractivity contribution in [2.75, 3.05) is 14.1 Å². The van der Waals surface area contributed by atoms with Crippen LogP contribution in [0.4, 0.5) is 0 Å². The summed E-state index contributed by atoms with van der Waals surface area (Å²) in [7, 11) is 3.82. The molecule has 0 aromatic heterocycles. The van der Waals surface area contributed by atoms with Gasteiger partial charge < -0.3 is 4.57 Å². The maximum atomic E-state index is 2.45. The molecule has 1 nitrogen and oxygen atoms in total. The fourth-order valence-corrected chi connectivity index (χ4v) is 5.89. The van der Waals surface area contributed by atoms with E-state index >= 15 is 0 Å². The first-order valence-electron chi connectivity index (χ1n) is 4.13. The highest BCUT2D eigenvalue weighted by Gasteiger charge is 2.21. The highest BCUT2D eigenvalue weighted by Crippen LogP contribution is 2.20. The zero-order valence-electron chi connectivity index (χ0n) is 8.18. The summed E-state index contributed by atoms with van der Waals surface area (Å²) in [6, 6.07) is 0. The summed E-state index contributed by atoms with van der Waals surface area (Å²) in [6.45, 7) is 9.38. The van der Waals surface area contributed by atoms with Crippen LogP contribution in [-0.2, 0) is 0 Å². The molecule has 0 aromatic carbocycles. The normalized spacial score (nSPS) is 12.6. The Labute approximate surface area is 67.1 Å². The van der Waals surface area contributed by atoms with Crippen molar-refractivity contribution >= 4 is 8.96 Å². The quantitative estimate of drug-likeness (QED) is 0.570. The van der Waals surface area contributed by atoms with E-state index in [-0.39, 0.29) is 0 Å². The summed E-state index contributed by atoms with van der Waals surface area (Å²) in [5.41, 5.74) is 1.80. The molecule has 0 spiro atoms. The van der Waals surface area contributed by atoms with E-state index in [1.54, 1.807) is 0 Å². The average Bonchev–Trinajstić information content (AvgIpc) is 1.59. The van der Waals surface area contributed by atoms with E-state index in [4.69, 9.17) is 0 Å². The number of nitrogens with zero attached hydrogens (tertiary/aromatic N) is 1. The molecule has 62 valence electrons. The molecule has 0 saturated heterocycles. The second-order valence-electron chi connectivity index (χ2n) is 3.94. The van der Waals surface area contributed by atoms with Gasteiger partial charge in [0.2, 0.25) is 0 Å². The first-order chi connectivity index (χ1) is 4.46. The zero-order valence-corrected chi connectivity index (χ0v) is 9.33. The molecule has 0 bridgehead atoms. The summed E-state index contributed by atoms with van der Waals surface area (Å²) in [6.07, 6.45) is 0. The molecular formula is C8H21NSi. The maximum absolute atomic E-state index is 2.45. The topological polar surface area (TPSA) is 3.24 Å². The molecule has 0 amide bonds. The molecule has 0 aliphatic heterocycles. The third-order valence-electron chi connectivity index (χ3n) is 1.96. The van der Waals surface area contributed by atoms with Crippen molar-refractivity contribution in [3.63, 3.8) is 0 Å². The molecule has 0 heterocycles. The van der Waals surface area contributed by atoms with Crippen molar-refractivity contribution in [1.29, 1.82) is 0 Å². The van der Waals surface area contributed by atoms with Crippen LogP contribution in [0.2, 0.25) is 11.1 Å². The maximum Gasteiger partial charge on any atom is 0.116 e. The summed E-state index contributed by atoms with van der Waals surface area (Å²) < 4.78 is 2.45. The van der Waals surface area contributed by atoms with Gasteiger partial charge in [-0.15, -0.1) is 0 Å². The van der Waals surface area contributed by atoms with Gasteiger partial charge in [0, 0.05) is 0 Å². The van der Waals surface area contributed by atoms with Crippen LogP contribution < -0.4 is 0 Å². The number of hydrogen-bond donors (Lipinski definition) is 0. The molecule has 0 aliphatic rings. The van der Waals surface area contributed by atoms with Crippen LogP contribution in [0.3, 0.4) is 0 Å². The van der Waals surface area contributed by atoms with Gasteiger partial charge in [-0.2, -0.15) is 0 Å². The van der Waals surface area contributed by atoms with E-state index in [1.807, 2.05) is 0 Å². The summed E-state index contributed by atoms with van der Waals surface area (Å²) >= 11 is 0. The Morgan fingerprint density at radius 1 is 0.900 bits per heavy atom. The van der Waals surface area contributed by atoms with Crippen LogP contribution in [-0.4, -0.2) is 27.6 Å².